The molecule has 0 bridgehead atoms. The predicted molar refractivity (Wildman–Crippen MR) is 66.1 cm³/mol. The van der Waals surface area contributed by atoms with Gasteiger partial charge in [-0.05, 0) is 42.6 Å². The van der Waals surface area contributed by atoms with Gasteiger partial charge in [-0.15, -0.1) is 0 Å². The van der Waals surface area contributed by atoms with Gasteiger partial charge < -0.3 is 0 Å². The average Bonchev–Trinajstić information content (AvgIpc) is 2.44. The molecular weight excluding hydrogens is 180 g/mol. The molecule has 1 fully saturated rings. The molecule has 0 amide bonds. The fourth-order valence-electron chi connectivity index (χ4n) is 2.90. The standard InChI is InChI=1S/C15H22/c1-11-5-8-13(9-6-11)14-10-7-12(2)15(14,3)4/h5-6,8-9,12,14H,7,10H2,1-4H3. The Hall–Kier alpha value is -0.780. The lowest BCUT2D eigenvalue weighted by Gasteiger charge is -2.31. The van der Waals surface area contributed by atoms with Crippen molar-refractivity contribution in [3.05, 3.63) is 35.4 Å². The molecule has 1 aliphatic carbocycles. The van der Waals surface area contributed by atoms with Crippen LogP contribution in [0, 0.1) is 18.3 Å². The highest BCUT2D eigenvalue weighted by atomic mass is 14.4. The lowest BCUT2D eigenvalue weighted by atomic mass is 9.73. The Kier molecular flexibility index (Phi) is 2.62. The number of hydrogen-bond donors (Lipinski definition) is 0. The van der Waals surface area contributed by atoms with E-state index >= 15 is 0 Å². The minimum Gasteiger partial charge on any atom is -0.0620 e. The monoisotopic (exact) mass is 202 g/mol. The van der Waals surface area contributed by atoms with Crippen molar-refractivity contribution in [2.75, 3.05) is 0 Å². The normalized spacial score (nSPS) is 29.3. The molecule has 0 heterocycles. The zero-order valence-corrected chi connectivity index (χ0v) is 10.4. The van der Waals surface area contributed by atoms with Gasteiger partial charge in [0.05, 0.1) is 0 Å². The van der Waals surface area contributed by atoms with Crippen molar-refractivity contribution in [1.29, 1.82) is 0 Å². The summed E-state index contributed by atoms with van der Waals surface area (Å²) in [5.74, 6) is 1.61. The van der Waals surface area contributed by atoms with E-state index in [4.69, 9.17) is 0 Å². The van der Waals surface area contributed by atoms with Gasteiger partial charge in [-0.2, -0.15) is 0 Å². The number of benzene rings is 1. The second kappa shape index (κ2) is 3.66. The molecule has 1 aromatic carbocycles. The zero-order valence-electron chi connectivity index (χ0n) is 10.4. The molecular formula is C15H22. The third-order valence-electron chi connectivity index (χ3n) is 4.54. The molecule has 2 rings (SSSR count). The van der Waals surface area contributed by atoms with Crippen LogP contribution in [0.15, 0.2) is 24.3 Å². The third-order valence-corrected chi connectivity index (χ3v) is 4.54. The molecule has 1 aliphatic rings. The van der Waals surface area contributed by atoms with Crippen LogP contribution in [-0.4, -0.2) is 0 Å². The van der Waals surface area contributed by atoms with Crippen LogP contribution in [0.25, 0.3) is 0 Å². The summed E-state index contributed by atoms with van der Waals surface area (Å²) in [6.07, 6.45) is 2.74. The van der Waals surface area contributed by atoms with Crippen molar-refractivity contribution in [2.24, 2.45) is 11.3 Å². The lowest BCUT2D eigenvalue weighted by molar-refractivity contribution is 0.249. The summed E-state index contributed by atoms with van der Waals surface area (Å²) >= 11 is 0. The summed E-state index contributed by atoms with van der Waals surface area (Å²) < 4.78 is 0. The minimum atomic E-state index is 0.468. The maximum atomic E-state index is 2.43. The maximum Gasteiger partial charge on any atom is -0.0108 e. The summed E-state index contributed by atoms with van der Waals surface area (Å²) in [6.45, 7) is 9.41. The first-order chi connectivity index (χ1) is 7.01. The van der Waals surface area contributed by atoms with Crippen LogP contribution in [0.3, 0.4) is 0 Å². The Labute approximate surface area is 93.7 Å². The van der Waals surface area contributed by atoms with Crippen LogP contribution >= 0.6 is 0 Å². The topological polar surface area (TPSA) is 0 Å². The first kappa shape index (κ1) is 10.7. The van der Waals surface area contributed by atoms with Crippen molar-refractivity contribution in [2.45, 2.75) is 46.5 Å². The van der Waals surface area contributed by atoms with E-state index in [9.17, 15) is 0 Å². The second-order valence-electron chi connectivity index (χ2n) is 5.76. The zero-order chi connectivity index (χ0) is 11.1. The van der Waals surface area contributed by atoms with E-state index in [0.717, 1.165) is 11.8 Å². The van der Waals surface area contributed by atoms with Crippen LogP contribution in [-0.2, 0) is 0 Å². The molecule has 0 heteroatoms. The van der Waals surface area contributed by atoms with E-state index in [1.165, 1.54) is 24.0 Å². The lowest BCUT2D eigenvalue weighted by Crippen LogP contribution is -2.21. The number of rotatable bonds is 1. The first-order valence-corrected chi connectivity index (χ1v) is 6.08. The molecule has 15 heavy (non-hydrogen) atoms. The Morgan fingerprint density at radius 3 is 2.13 bits per heavy atom. The molecule has 82 valence electrons. The molecule has 0 nitrogen and oxygen atoms in total. The van der Waals surface area contributed by atoms with Crippen LogP contribution in [0.4, 0.5) is 0 Å². The number of hydrogen-bond acceptors (Lipinski definition) is 0. The van der Waals surface area contributed by atoms with Crippen LogP contribution in [0.5, 0.6) is 0 Å². The van der Waals surface area contributed by atoms with E-state index in [-0.39, 0.29) is 0 Å². The fraction of sp³-hybridized carbons (Fsp3) is 0.600. The van der Waals surface area contributed by atoms with E-state index in [1.807, 2.05) is 0 Å². The first-order valence-electron chi connectivity index (χ1n) is 6.08. The van der Waals surface area contributed by atoms with Crippen molar-refractivity contribution in [3.8, 4) is 0 Å². The fourth-order valence-corrected chi connectivity index (χ4v) is 2.90. The summed E-state index contributed by atoms with van der Waals surface area (Å²) in [6, 6.07) is 9.13. The molecule has 0 saturated heterocycles. The van der Waals surface area contributed by atoms with Gasteiger partial charge in [-0.1, -0.05) is 50.6 Å². The minimum absolute atomic E-state index is 0.468. The van der Waals surface area contributed by atoms with Gasteiger partial charge in [0.25, 0.3) is 0 Å². The van der Waals surface area contributed by atoms with Crippen molar-refractivity contribution < 1.29 is 0 Å². The largest absolute Gasteiger partial charge is 0.0620 e. The second-order valence-corrected chi connectivity index (χ2v) is 5.76. The van der Waals surface area contributed by atoms with E-state index in [1.54, 1.807) is 0 Å². The highest BCUT2D eigenvalue weighted by Gasteiger charge is 2.40. The summed E-state index contributed by atoms with van der Waals surface area (Å²) in [5.41, 5.74) is 3.37. The van der Waals surface area contributed by atoms with Crippen LogP contribution < -0.4 is 0 Å². The Morgan fingerprint density at radius 1 is 1.07 bits per heavy atom. The molecule has 2 atom stereocenters. The Balaban J connectivity index is 2.28. The molecule has 0 radical (unpaired) electrons. The number of aryl methyl sites for hydroxylation is 1. The van der Waals surface area contributed by atoms with E-state index in [0.29, 0.717) is 5.41 Å². The molecule has 0 N–H and O–H groups in total. The summed E-state index contributed by atoms with van der Waals surface area (Å²) in [4.78, 5) is 0. The van der Waals surface area contributed by atoms with Gasteiger partial charge >= 0.3 is 0 Å². The molecule has 0 spiro atoms. The quantitative estimate of drug-likeness (QED) is 0.627. The van der Waals surface area contributed by atoms with E-state index < -0.39 is 0 Å². The predicted octanol–water partition coefficient (Wildman–Crippen LogP) is 4.53. The van der Waals surface area contributed by atoms with Crippen molar-refractivity contribution in [3.63, 3.8) is 0 Å². The Morgan fingerprint density at radius 2 is 1.67 bits per heavy atom. The SMILES string of the molecule is Cc1ccc(C2CCC(C)C2(C)C)cc1. The van der Waals surface area contributed by atoms with Gasteiger partial charge in [-0.3, -0.25) is 0 Å². The maximum absolute atomic E-state index is 2.43. The van der Waals surface area contributed by atoms with Crippen molar-refractivity contribution >= 4 is 0 Å². The van der Waals surface area contributed by atoms with Gasteiger partial charge in [-0.25, -0.2) is 0 Å². The summed E-state index contributed by atoms with van der Waals surface area (Å²) in [5, 5.41) is 0. The molecule has 1 saturated carbocycles. The van der Waals surface area contributed by atoms with Gasteiger partial charge in [0.15, 0.2) is 0 Å². The third kappa shape index (κ3) is 1.82. The highest BCUT2D eigenvalue weighted by Crippen LogP contribution is 2.52. The van der Waals surface area contributed by atoms with Gasteiger partial charge in [0.1, 0.15) is 0 Å². The molecule has 0 aromatic heterocycles. The van der Waals surface area contributed by atoms with Crippen molar-refractivity contribution in [1.82, 2.24) is 0 Å². The molecule has 1 aromatic rings. The van der Waals surface area contributed by atoms with Gasteiger partial charge in [0, 0.05) is 0 Å². The van der Waals surface area contributed by atoms with Gasteiger partial charge in [0.2, 0.25) is 0 Å². The Bertz CT molecular complexity index is 332. The van der Waals surface area contributed by atoms with Crippen LogP contribution in [0.1, 0.15) is 50.7 Å². The molecule has 2 unspecified atom stereocenters. The summed E-state index contributed by atoms with van der Waals surface area (Å²) in [7, 11) is 0. The smallest absolute Gasteiger partial charge is 0.0108 e. The average molecular weight is 202 g/mol. The van der Waals surface area contributed by atoms with Crippen LogP contribution in [0.2, 0.25) is 0 Å². The van der Waals surface area contributed by atoms with E-state index in [2.05, 4.69) is 52.0 Å². The molecule has 0 aliphatic heterocycles. The highest BCUT2D eigenvalue weighted by molar-refractivity contribution is 5.27.